The molecule has 2 nitrogen and oxygen atoms in total. The summed E-state index contributed by atoms with van der Waals surface area (Å²) in [6.45, 7) is 2.36. The van der Waals surface area contributed by atoms with E-state index in [9.17, 15) is 0 Å². The Morgan fingerprint density at radius 3 is 1.73 bits per heavy atom. The highest BCUT2D eigenvalue weighted by atomic mass is 16.3. The van der Waals surface area contributed by atoms with E-state index in [0.29, 0.717) is 0 Å². The van der Waals surface area contributed by atoms with Crippen molar-refractivity contribution in [2.24, 2.45) is 0 Å². The van der Waals surface area contributed by atoms with Crippen LogP contribution in [-0.4, -0.2) is 0 Å². The first-order valence-corrected chi connectivity index (χ1v) is 13.8. The zero-order chi connectivity index (χ0) is 26.7. The van der Waals surface area contributed by atoms with Gasteiger partial charge >= 0.3 is 0 Å². The van der Waals surface area contributed by atoms with E-state index in [4.69, 9.17) is 4.42 Å². The van der Waals surface area contributed by atoms with Crippen LogP contribution in [0.4, 0.5) is 17.1 Å². The number of hydrogen-bond donors (Lipinski definition) is 0. The molecule has 0 fully saturated rings. The van der Waals surface area contributed by atoms with Gasteiger partial charge in [-0.15, -0.1) is 0 Å². The molecular formula is C38H27NO. The summed E-state index contributed by atoms with van der Waals surface area (Å²) >= 11 is 0. The number of furan rings is 1. The van der Waals surface area contributed by atoms with Crippen molar-refractivity contribution in [2.45, 2.75) is 12.3 Å². The number of fused-ring (bicyclic) bond motifs is 6. The number of nitrogens with zero attached hydrogens (tertiary/aromatic N) is 1. The summed E-state index contributed by atoms with van der Waals surface area (Å²) in [5.41, 5.74) is 11.4. The highest BCUT2D eigenvalue weighted by molar-refractivity contribution is 6.10. The van der Waals surface area contributed by atoms with E-state index in [2.05, 4.69) is 157 Å². The molecule has 8 rings (SSSR count). The van der Waals surface area contributed by atoms with Crippen LogP contribution in [0.2, 0.25) is 0 Å². The quantitative estimate of drug-likeness (QED) is 0.233. The maximum absolute atomic E-state index is 6.66. The first-order valence-electron chi connectivity index (χ1n) is 13.8. The van der Waals surface area contributed by atoms with Crippen molar-refractivity contribution in [3.63, 3.8) is 0 Å². The molecule has 0 saturated heterocycles. The molecule has 40 heavy (non-hydrogen) atoms. The van der Waals surface area contributed by atoms with Crippen molar-refractivity contribution in [3.05, 3.63) is 162 Å². The molecule has 0 unspecified atom stereocenters. The van der Waals surface area contributed by atoms with E-state index < -0.39 is 0 Å². The SMILES string of the molecule is CC1(c2ccc3oc4c(N(c5ccccc5)c5ccccc5)cccc4c3c2)c2ccccc2-c2ccccc21. The van der Waals surface area contributed by atoms with Crippen molar-refractivity contribution in [1.82, 2.24) is 0 Å². The van der Waals surface area contributed by atoms with Gasteiger partial charge in [0, 0.05) is 27.6 Å². The lowest BCUT2D eigenvalue weighted by Crippen LogP contribution is -2.22. The van der Waals surface area contributed by atoms with Gasteiger partial charge in [0.05, 0.1) is 5.69 Å². The van der Waals surface area contributed by atoms with Gasteiger partial charge in [-0.2, -0.15) is 0 Å². The lowest BCUT2D eigenvalue weighted by atomic mass is 9.74. The Labute approximate surface area is 233 Å². The van der Waals surface area contributed by atoms with E-state index in [0.717, 1.165) is 39.0 Å². The van der Waals surface area contributed by atoms with Crippen LogP contribution in [-0.2, 0) is 5.41 Å². The zero-order valence-corrected chi connectivity index (χ0v) is 22.2. The molecule has 7 aromatic rings. The summed E-state index contributed by atoms with van der Waals surface area (Å²) in [7, 11) is 0. The van der Waals surface area contributed by atoms with E-state index in [1.807, 2.05) is 0 Å². The molecule has 0 saturated carbocycles. The zero-order valence-electron chi connectivity index (χ0n) is 22.2. The molecule has 0 N–H and O–H groups in total. The molecule has 2 heteroatoms. The van der Waals surface area contributed by atoms with Crippen molar-refractivity contribution >= 4 is 39.0 Å². The van der Waals surface area contributed by atoms with Gasteiger partial charge in [-0.3, -0.25) is 0 Å². The van der Waals surface area contributed by atoms with Crippen LogP contribution in [0.5, 0.6) is 0 Å². The summed E-state index contributed by atoms with van der Waals surface area (Å²) in [6, 6.07) is 51.8. The fraction of sp³-hybridized carbons (Fsp3) is 0.0526. The topological polar surface area (TPSA) is 16.4 Å². The first-order chi connectivity index (χ1) is 19.7. The minimum absolute atomic E-state index is 0.247. The Hall–Kier alpha value is -5.08. The maximum Gasteiger partial charge on any atom is 0.159 e. The van der Waals surface area contributed by atoms with Crippen LogP contribution in [0.25, 0.3) is 33.1 Å². The molecule has 0 spiro atoms. The molecule has 0 amide bonds. The van der Waals surface area contributed by atoms with Gasteiger partial charge < -0.3 is 9.32 Å². The number of anilines is 3. The summed E-state index contributed by atoms with van der Waals surface area (Å²) in [4.78, 5) is 2.27. The number of benzene rings is 6. The van der Waals surface area contributed by atoms with Crippen LogP contribution < -0.4 is 4.90 Å². The Morgan fingerprint density at radius 1 is 0.525 bits per heavy atom. The average molecular weight is 514 g/mol. The second-order valence-electron chi connectivity index (χ2n) is 10.7. The molecule has 190 valence electrons. The highest BCUT2D eigenvalue weighted by Gasteiger charge is 2.40. The summed E-state index contributed by atoms with van der Waals surface area (Å²) in [5.74, 6) is 0. The Morgan fingerprint density at radius 2 is 1.10 bits per heavy atom. The van der Waals surface area contributed by atoms with E-state index in [-0.39, 0.29) is 5.41 Å². The molecule has 1 aromatic heterocycles. The van der Waals surface area contributed by atoms with Gasteiger partial charge in [0.25, 0.3) is 0 Å². The summed E-state index contributed by atoms with van der Waals surface area (Å²) in [5, 5.41) is 2.26. The molecule has 0 atom stereocenters. The fourth-order valence-electron chi connectivity index (χ4n) is 6.62. The number of para-hydroxylation sites is 3. The van der Waals surface area contributed by atoms with E-state index in [1.54, 1.807) is 0 Å². The third kappa shape index (κ3) is 3.23. The van der Waals surface area contributed by atoms with Gasteiger partial charge in [0.2, 0.25) is 0 Å². The Balaban J connectivity index is 1.35. The van der Waals surface area contributed by atoms with Gasteiger partial charge in [0.15, 0.2) is 5.58 Å². The fourth-order valence-corrected chi connectivity index (χ4v) is 6.62. The van der Waals surface area contributed by atoms with E-state index >= 15 is 0 Å². The molecule has 1 heterocycles. The summed E-state index contributed by atoms with van der Waals surface area (Å²) < 4.78 is 6.66. The molecule has 1 aliphatic carbocycles. The largest absolute Gasteiger partial charge is 0.454 e. The van der Waals surface area contributed by atoms with Crippen molar-refractivity contribution in [3.8, 4) is 11.1 Å². The van der Waals surface area contributed by atoms with Gasteiger partial charge in [0.1, 0.15) is 5.58 Å². The molecular weight excluding hydrogens is 486 g/mol. The molecule has 6 aromatic carbocycles. The van der Waals surface area contributed by atoms with Crippen LogP contribution in [0.3, 0.4) is 0 Å². The van der Waals surface area contributed by atoms with Gasteiger partial charge in [-0.25, -0.2) is 0 Å². The monoisotopic (exact) mass is 513 g/mol. The highest BCUT2D eigenvalue weighted by Crippen LogP contribution is 2.53. The second kappa shape index (κ2) is 8.72. The summed E-state index contributed by atoms with van der Waals surface area (Å²) in [6.07, 6.45) is 0. The molecule has 0 aliphatic heterocycles. The van der Waals surface area contributed by atoms with Crippen molar-refractivity contribution in [1.29, 1.82) is 0 Å². The molecule has 1 aliphatic rings. The Bertz CT molecular complexity index is 1940. The second-order valence-corrected chi connectivity index (χ2v) is 10.7. The van der Waals surface area contributed by atoms with Gasteiger partial charge in [-0.05, 0) is 77.2 Å². The van der Waals surface area contributed by atoms with Crippen LogP contribution >= 0.6 is 0 Å². The minimum Gasteiger partial charge on any atom is -0.454 e. The molecule has 0 radical (unpaired) electrons. The van der Waals surface area contributed by atoms with Crippen LogP contribution in [0.15, 0.2) is 150 Å². The predicted molar refractivity (Wildman–Crippen MR) is 166 cm³/mol. The van der Waals surface area contributed by atoms with Crippen molar-refractivity contribution < 1.29 is 4.42 Å². The normalized spacial score (nSPS) is 13.3. The minimum atomic E-state index is -0.247. The van der Waals surface area contributed by atoms with Gasteiger partial charge in [-0.1, -0.05) is 103 Å². The van der Waals surface area contributed by atoms with Crippen LogP contribution in [0.1, 0.15) is 23.6 Å². The first kappa shape index (κ1) is 22.9. The maximum atomic E-state index is 6.66. The standard InChI is InChI=1S/C38H27NO/c1-38(33-20-10-8-17-29(33)30-18-9-11-21-34(30)38)26-23-24-36-32(25-26)31-19-12-22-35(37(31)40-36)39(27-13-4-2-5-14-27)28-15-6-3-7-16-28/h2-25H,1H3. The number of rotatable bonds is 4. The average Bonchev–Trinajstić information content (AvgIpc) is 3.53. The predicted octanol–water partition coefficient (Wildman–Crippen LogP) is 10.4. The number of hydrogen-bond acceptors (Lipinski definition) is 2. The smallest absolute Gasteiger partial charge is 0.159 e. The lowest BCUT2D eigenvalue weighted by Gasteiger charge is -2.28. The van der Waals surface area contributed by atoms with Crippen LogP contribution in [0, 0.1) is 0 Å². The Kier molecular flexibility index (Phi) is 4.99. The van der Waals surface area contributed by atoms with Crippen molar-refractivity contribution in [2.75, 3.05) is 4.90 Å². The third-order valence-corrected chi connectivity index (χ3v) is 8.54. The molecule has 0 bridgehead atoms. The lowest BCUT2D eigenvalue weighted by molar-refractivity contribution is 0.667. The third-order valence-electron chi connectivity index (χ3n) is 8.54. The van der Waals surface area contributed by atoms with E-state index in [1.165, 1.54) is 27.8 Å².